The van der Waals surface area contributed by atoms with Crippen molar-refractivity contribution in [3.63, 3.8) is 0 Å². The first-order valence-corrected chi connectivity index (χ1v) is 16.6. The van der Waals surface area contributed by atoms with E-state index in [0.29, 0.717) is 32.5 Å². The smallest absolute Gasteiger partial charge is 0.0382 e. The highest BCUT2D eigenvalue weighted by Gasteiger charge is 2.17. The molecule has 0 saturated carbocycles. The van der Waals surface area contributed by atoms with E-state index in [4.69, 9.17) is 0 Å². The van der Waals surface area contributed by atoms with Crippen molar-refractivity contribution >= 4 is 0 Å². The number of hydrogen-bond donors (Lipinski definition) is 0. The van der Waals surface area contributed by atoms with Crippen LogP contribution in [0.1, 0.15) is 218 Å². The maximum absolute atomic E-state index is 2.32. The highest BCUT2D eigenvalue weighted by Crippen LogP contribution is 2.30. The van der Waals surface area contributed by atoms with Crippen molar-refractivity contribution in [2.75, 3.05) is 0 Å². The van der Waals surface area contributed by atoms with E-state index in [-0.39, 0.29) is 0 Å². The van der Waals surface area contributed by atoms with E-state index in [1.165, 1.54) is 51.4 Å². The van der Waals surface area contributed by atoms with E-state index >= 15 is 0 Å². The third kappa shape index (κ3) is 83.4. The van der Waals surface area contributed by atoms with Crippen LogP contribution in [-0.2, 0) is 0 Å². The van der Waals surface area contributed by atoms with Gasteiger partial charge in [0.15, 0.2) is 0 Å². The van der Waals surface area contributed by atoms with Gasteiger partial charge in [-0.15, -0.1) is 0 Å². The summed E-state index contributed by atoms with van der Waals surface area (Å²) in [6.45, 7) is 53.6. The Morgan fingerprint density at radius 2 is 0.316 bits per heavy atom. The van der Waals surface area contributed by atoms with Gasteiger partial charge in [-0.1, -0.05) is 179 Å². The van der Waals surface area contributed by atoms with Crippen LogP contribution >= 0.6 is 0 Å². The topological polar surface area (TPSA) is 0 Å². The lowest BCUT2D eigenvalue weighted by atomic mass is 9.81. The van der Waals surface area contributed by atoms with E-state index in [9.17, 15) is 0 Å². The molecule has 0 nitrogen and oxygen atoms in total. The average molecular weight is 545 g/mol. The third-order valence-electron chi connectivity index (χ3n) is 5.33. The summed E-state index contributed by atoms with van der Waals surface area (Å²) in [6.07, 6.45) is 10.8. The maximum Gasteiger partial charge on any atom is -0.0382 e. The van der Waals surface area contributed by atoms with Gasteiger partial charge in [-0.25, -0.2) is 0 Å². The molecular weight excluding hydrogens is 456 g/mol. The zero-order valence-corrected chi connectivity index (χ0v) is 32.7. The van der Waals surface area contributed by atoms with Crippen molar-refractivity contribution in [2.24, 2.45) is 32.5 Å². The predicted molar refractivity (Wildman–Crippen MR) is 188 cm³/mol. The van der Waals surface area contributed by atoms with Crippen LogP contribution < -0.4 is 0 Å². The number of hydrogen-bond acceptors (Lipinski definition) is 0. The van der Waals surface area contributed by atoms with E-state index < -0.39 is 0 Å². The first kappa shape index (κ1) is 50.8. The SMILES string of the molecule is CC.CC.CC.CC(C)(C)CCC(C)(C)C.CC(C)(C)CCCC(C)(C)C.CC(C)(C)CCCC(C)(C)C. The molecule has 0 amide bonds. The van der Waals surface area contributed by atoms with Crippen molar-refractivity contribution in [1.82, 2.24) is 0 Å². The van der Waals surface area contributed by atoms with Gasteiger partial charge in [0, 0.05) is 0 Å². The van der Waals surface area contributed by atoms with Gasteiger partial charge in [0.2, 0.25) is 0 Å². The van der Waals surface area contributed by atoms with Crippen LogP contribution in [0.15, 0.2) is 0 Å². The molecule has 240 valence electrons. The zero-order chi connectivity index (χ0) is 32.7. The van der Waals surface area contributed by atoms with Gasteiger partial charge in [-0.2, -0.15) is 0 Å². The van der Waals surface area contributed by atoms with Gasteiger partial charge in [0.05, 0.1) is 0 Å². The Balaban J connectivity index is -0.0000000916. The second-order valence-corrected chi connectivity index (χ2v) is 17.6. The van der Waals surface area contributed by atoms with Crippen LogP contribution in [0.2, 0.25) is 0 Å². The van der Waals surface area contributed by atoms with E-state index in [2.05, 4.69) is 125 Å². The zero-order valence-electron chi connectivity index (χ0n) is 32.7. The quantitative estimate of drug-likeness (QED) is 0.323. The highest BCUT2D eigenvalue weighted by atomic mass is 14.2. The molecular formula is C38H88. The van der Waals surface area contributed by atoms with Crippen molar-refractivity contribution in [2.45, 2.75) is 218 Å². The molecule has 38 heavy (non-hydrogen) atoms. The number of rotatable bonds is 5. The van der Waals surface area contributed by atoms with Crippen molar-refractivity contribution in [3.05, 3.63) is 0 Å². The van der Waals surface area contributed by atoms with Gasteiger partial charge in [0.25, 0.3) is 0 Å². The van der Waals surface area contributed by atoms with Crippen LogP contribution in [0.4, 0.5) is 0 Å². The van der Waals surface area contributed by atoms with Crippen LogP contribution in [-0.4, -0.2) is 0 Å². The summed E-state index contributed by atoms with van der Waals surface area (Å²) in [5.41, 5.74) is 3.09. The highest BCUT2D eigenvalue weighted by molar-refractivity contribution is 4.69. The van der Waals surface area contributed by atoms with Crippen LogP contribution in [0.3, 0.4) is 0 Å². The molecule has 0 radical (unpaired) electrons. The minimum atomic E-state index is 0.507. The summed E-state index contributed by atoms with van der Waals surface area (Å²) in [5.74, 6) is 0. The third-order valence-corrected chi connectivity index (χ3v) is 5.33. The Morgan fingerprint density at radius 1 is 0.211 bits per heavy atom. The molecule has 0 saturated heterocycles. The van der Waals surface area contributed by atoms with Crippen LogP contribution in [0.25, 0.3) is 0 Å². The first-order chi connectivity index (χ1) is 16.6. The monoisotopic (exact) mass is 545 g/mol. The lowest BCUT2D eigenvalue weighted by Crippen LogP contribution is -2.12. The summed E-state index contributed by atoms with van der Waals surface area (Å²) in [4.78, 5) is 0. The first-order valence-electron chi connectivity index (χ1n) is 16.6. The molecule has 0 N–H and O–H groups in total. The predicted octanol–water partition coefficient (Wildman–Crippen LogP) is 15.4. The Morgan fingerprint density at radius 3 is 0.395 bits per heavy atom. The summed E-state index contributed by atoms with van der Waals surface area (Å²) in [6, 6.07) is 0. The van der Waals surface area contributed by atoms with Gasteiger partial charge in [-0.05, 0) is 71.0 Å². The Hall–Kier alpha value is 0. The van der Waals surface area contributed by atoms with E-state index in [1.807, 2.05) is 41.5 Å². The molecule has 0 heterocycles. The molecule has 0 aliphatic carbocycles. The van der Waals surface area contributed by atoms with Crippen molar-refractivity contribution < 1.29 is 0 Å². The van der Waals surface area contributed by atoms with Gasteiger partial charge < -0.3 is 0 Å². The molecule has 0 spiro atoms. The van der Waals surface area contributed by atoms with Crippen LogP contribution in [0, 0.1) is 32.5 Å². The molecule has 0 aliphatic heterocycles. The van der Waals surface area contributed by atoms with E-state index in [1.54, 1.807) is 0 Å². The molecule has 0 aromatic rings. The lowest BCUT2D eigenvalue weighted by molar-refractivity contribution is 0.275. The Labute approximate surface area is 249 Å². The fraction of sp³-hybridized carbons (Fsp3) is 1.00. The summed E-state index contributed by atoms with van der Waals surface area (Å²) in [7, 11) is 0. The van der Waals surface area contributed by atoms with Gasteiger partial charge in [0.1, 0.15) is 0 Å². The average Bonchev–Trinajstić information content (AvgIpc) is 2.67. The molecule has 0 bridgehead atoms. The minimum Gasteiger partial charge on any atom is -0.0683 e. The second kappa shape index (κ2) is 24.8. The molecule has 0 unspecified atom stereocenters. The van der Waals surface area contributed by atoms with Crippen molar-refractivity contribution in [1.29, 1.82) is 0 Å². The maximum atomic E-state index is 2.32. The summed E-state index contributed by atoms with van der Waals surface area (Å²) < 4.78 is 0. The largest absolute Gasteiger partial charge is 0.0683 e. The molecule has 0 aliphatic rings. The minimum absolute atomic E-state index is 0.507. The Bertz CT molecular complexity index is 351. The summed E-state index contributed by atoms with van der Waals surface area (Å²) >= 11 is 0. The molecule has 0 fully saturated rings. The molecule has 0 aromatic heterocycles. The fourth-order valence-electron chi connectivity index (χ4n) is 3.05. The van der Waals surface area contributed by atoms with Crippen LogP contribution in [0.5, 0.6) is 0 Å². The second-order valence-electron chi connectivity index (χ2n) is 17.6. The van der Waals surface area contributed by atoms with E-state index in [0.717, 1.165) is 0 Å². The molecule has 0 atom stereocenters. The van der Waals surface area contributed by atoms with Gasteiger partial charge in [-0.3, -0.25) is 0 Å². The Kier molecular flexibility index (Phi) is 33.1. The fourth-order valence-corrected chi connectivity index (χ4v) is 3.05. The van der Waals surface area contributed by atoms with Crippen molar-refractivity contribution in [3.8, 4) is 0 Å². The molecule has 0 rings (SSSR count). The standard InChI is InChI=1S/2C11H24.C10H22.3C2H6/c2*1-10(2,3)8-7-9-11(4,5)6;1-9(2,3)7-8-10(4,5)6;3*1-2/h2*7-9H2,1-6H3;7-8H2,1-6H3;3*1-2H3. The lowest BCUT2D eigenvalue weighted by Gasteiger charge is -2.24. The normalized spacial score (nSPS) is 12.0. The van der Waals surface area contributed by atoms with Gasteiger partial charge >= 0.3 is 0 Å². The molecule has 0 aromatic carbocycles. The summed E-state index contributed by atoms with van der Waals surface area (Å²) in [5, 5.41) is 0. The molecule has 0 heteroatoms.